The summed E-state index contributed by atoms with van der Waals surface area (Å²) < 4.78 is 0. The highest BCUT2D eigenvalue weighted by molar-refractivity contribution is 14.0. The van der Waals surface area contributed by atoms with Crippen LogP contribution in [0.1, 0.15) is 31.7 Å². The maximum atomic E-state index is 4.42. The van der Waals surface area contributed by atoms with E-state index in [0.29, 0.717) is 0 Å². The quantitative estimate of drug-likeness (QED) is 0.362. The van der Waals surface area contributed by atoms with Crippen LogP contribution >= 0.6 is 24.0 Å². The Hall–Kier alpha value is -0.780. The minimum absolute atomic E-state index is 0. The Morgan fingerprint density at radius 3 is 2.76 bits per heavy atom. The van der Waals surface area contributed by atoms with Crippen molar-refractivity contribution in [3.05, 3.63) is 35.9 Å². The zero-order chi connectivity index (χ0) is 14.2. The van der Waals surface area contributed by atoms with E-state index in [1.54, 1.807) is 0 Å². The number of aryl methyl sites for hydroxylation is 1. The lowest BCUT2D eigenvalue weighted by molar-refractivity contribution is 0.266. The third-order valence-corrected chi connectivity index (χ3v) is 3.94. The van der Waals surface area contributed by atoms with Gasteiger partial charge in [0.2, 0.25) is 0 Å². The maximum Gasteiger partial charge on any atom is 0.193 e. The predicted molar refractivity (Wildman–Crippen MR) is 102 cm³/mol. The molecule has 0 aliphatic carbocycles. The topological polar surface area (TPSA) is 27.6 Å². The van der Waals surface area contributed by atoms with Crippen LogP contribution in [0.25, 0.3) is 0 Å². The molecule has 1 saturated heterocycles. The fourth-order valence-corrected chi connectivity index (χ4v) is 2.85. The first-order chi connectivity index (χ1) is 9.79. The summed E-state index contributed by atoms with van der Waals surface area (Å²) in [6, 6.07) is 10.7. The van der Waals surface area contributed by atoms with E-state index in [-0.39, 0.29) is 24.0 Å². The van der Waals surface area contributed by atoms with Crippen LogP contribution in [0.3, 0.4) is 0 Å². The first-order valence-electron chi connectivity index (χ1n) is 7.79. The van der Waals surface area contributed by atoms with Gasteiger partial charge in [-0.2, -0.15) is 0 Å². The Labute approximate surface area is 146 Å². The number of benzene rings is 1. The van der Waals surface area contributed by atoms with Crippen LogP contribution < -0.4 is 5.32 Å². The smallest absolute Gasteiger partial charge is 0.193 e. The number of likely N-dealkylation sites (tertiary alicyclic amines) is 1. The van der Waals surface area contributed by atoms with Gasteiger partial charge in [-0.05, 0) is 37.2 Å². The number of nitrogens with one attached hydrogen (secondary N) is 1. The summed E-state index contributed by atoms with van der Waals surface area (Å²) in [6.07, 6.45) is 4.90. The third kappa shape index (κ3) is 6.24. The fraction of sp³-hybridized carbons (Fsp3) is 0.588. The molecule has 1 unspecified atom stereocenters. The van der Waals surface area contributed by atoms with Crippen molar-refractivity contribution in [2.45, 2.75) is 32.6 Å². The first kappa shape index (κ1) is 18.3. The Kier molecular flexibility index (Phi) is 8.73. The fourth-order valence-electron chi connectivity index (χ4n) is 2.85. The van der Waals surface area contributed by atoms with Gasteiger partial charge < -0.3 is 10.2 Å². The van der Waals surface area contributed by atoms with E-state index in [4.69, 9.17) is 0 Å². The molecule has 4 heteroatoms. The van der Waals surface area contributed by atoms with Gasteiger partial charge in [0.1, 0.15) is 0 Å². The second kappa shape index (κ2) is 10.0. The zero-order valence-electron chi connectivity index (χ0n) is 13.2. The molecule has 0 saturated carbocycles. The zero-order valence-corrected chi connectivity index (χ0v) is 15.5. The molecule has 3 nitrogen and oxygen atoms in total. The molecular formula is C17H28IN3. The van der Waals surface area contributed by atoms with Crippen molar-refractivity contribution < 1.29 is 0 Å². The van der Waals surface area contributed by atoms with Crippen LogP contribution in [0, 0.1) is 5.92 Å². The molecule has 1 fully saturated rings. The Bertz CT molecular complexity index is 419. The molecule has 0 radical (unpaired) electrons. The SMILES string of the molecule is CN=C(NCCCc1ccccc1)N1CCCC(C)C1.I. The van der Waals surface area contributed by atoms with Gasteiger partial charge in [0.15, 0.2) is 5.96 Å². The predicted octanol–water partition coefficient (Wildman–Crippen LogP) is 3.54. The van der Waals surface area contributed by atoms with Crippen molar-refractivity contribution in [3.63, 3.8) is 0 Å². The molecule has 1 atom stereocenters. The molecule has 0 aromatic heterocycles. The van der Waals surface area contributed by atoms with Crippen molar-refractivity contribution in [1.82, 2.24) is 10.2 Å². The highest BCUT2D eigenvalue weighted by Gasteiger charge is 2.18. The molecule has 1 aliphatic rings. The summed E-state index contributed by atoms with van der Waals surface area (Å²) >= 11 is 0. The Morgan fingerprint density at radius 1 is 1.33 bits per heavy atom. The first-order valence-corrected chi connectivity index (χ1v) is 7.79. The van der Waals surface area contributed by atoms with Crippen molar-refractivity contribution in [2.75, 3.05) is 26.7 Å². The lowest BCUT2D eigenvalue weighted by Gasteiger charge is -2.33. The van der Waals surface area contributed by atoms with Crippen LogP contribution in [0.15, 0.2) is 35.3 Å². The van der Waals surface area contributed by atoms with Gasteiger partial charge in [0, 0.05) is 26.7 Å². The van der Waals surface area contributed by atoms with Crippen LogP contribution in [-0.2, 0) is 6.42 Å². The van der Waals surface area contributed by atoms with Gasteiger partial charge in [-0.1, -0.05) is 37.3 Å². The normalized spacial score (nSPS) is 19.0. The summed E-state index contributed by atoms with van der Waals surface area (Å²) in [5, 5.41) is 3.51. The Balaban J connectivity index is 0.00000220. The Morgan fingerprint density at radius 2 is 2.10 bits per heavy atom. The largest absolute Gasteiger partial charge is 0.356 e. The summed E-state index contributed by atoms with van der Waals surface area (Å²) in [5.41, 5.74) is 1.41. The molecule has 2 rings (SSSR count). The molecule has 21 heavy (non-hydrogen) atoms. The average Bonchev–Trinajstić information content (AvgIpc) is 2.48. The average molecular weight is 401 g/mol. The van der Waals surface area contributed by atoms with Crippen molar-refractivity contribution >= 4 is 29.9 Å². The number of guanidine groups is 1. The monoisotopic (exact) mass is 401 g/mol. The number of halogens is 1. The number of piperidine rings is 1. The van der Waals surface area contributed by atoms with Crippen molar-refractivity contribution in [2.24, 2.45) is 10.9 Å². The number of rotatable bonds is 4. The molecule has 1 aromatic carbocycles. The summed E-state index contributed by atoms with van der Waals surface area (Å²) in [7, 11) is 1.89. The van der Waals surface area contributed by atoms with E-state index in [1.807, 2.05) is 7.05 Å². The molecule has 118 valence electrons. The van der Waals surface area contributed by atoms with E-state index in [0.717, 1.165) is 44.4 Å². The summed E-state index contributed by atoms with van der Waals surface area (Å²) in [6.45, 7) is 5.60. The van der Waals surface area contributed by atoms with E-state index < -0.39 is 0 Å². The lowest BCUT2D eigenvalue weighted by atomic mass is 10.0. The van der Waals surface area contributed by atoms with Crippen LogP contribution in [0.4, 0.5) is 0 Å². The second-order valence-electron chi connectivity index (χ2n) is 5.76. The van der Waals surface area contributed by atoms with E-state index in [9.17, 15) is 0 Å². The van der Waals surface area contributed by atoms with Gasteiger partial charge in [-0.25, -0.2) is 0 Å². The van der Waals surface area contributed by atoms with Crippen molar-refractivity contribution in [1.29, 1.82) is 0 Å². The van der Waals surface area contributed by atoms with Gasteiger partial charge in [-0.15, -0.1) is 24.0 Å². The van der Waals surface area contributed by atoms with E-state index in [1.165, 1.54) is 18.4 Å². The van der Waals surface area contributed by atoms with E-state index >= 15 is 0 Å². The molecule has 1 heterocycles. The molecule has 0 spiro atoms. The molecular weight excluding hydrogens is 373 g/mol. The number of nitrogens with zero attached hydrogens (tertiary/aromatic N) is 2. The minimum atomic E-state index is 0. The molecule has 1 N–H and O–H groups in total. The van der Waals surface area contributed by atoms with Crippen molar-refractivity contribution in [3.8, 4) is 0 Å². The number of hydrogen-bond donors (Lipinski definition) is 1. The number of hydrogen-bond acceptors (Lipinski definition) is 1. The van der Waals surface area contributed by atoms with Gasteiger partial charge in [-0.3, -0.25) is 4.99 Å². The summed E-state index contributed by atoms with van der Waals surface area (Å²) in [4.78, 5) is 6.82. The van der Waals surface area contributed by atoms with Crippen LogP contribution in [0.5, 0.6) is 0 Å². The third-order valence-electron chi connectivity index (χ3n) is 3.94. The molecule has 0 amide bonds. The highest BCUT2D eigenvalue weighted by atomic mass is 127. The standard InChI is InChI=1S/C17H27N3.HI/c1-15-8-7-13-20(14-15)17(18-2)19-12-6-11-16-9-4-3-5-10-16;/h3-5,9-10,15H,6-8,11-14H2,1-2H3,(H,18,19);1H. The van der Waals surface area contributed by atoms with Gasteiger partial charge in [0.05, 0.1) is 0 Å². The molecule has 0 bridgehead atoms. The van der Waals surface area contributed by atoms with Crippen LogP contribution in [0.2, 0.25) is 0 Å². The van der Waals surface area contributed by atoms with Crippen LogP contribution in [-0.4, -0.2) is 37.5 Å². The van der Waals surface area contributed by atoms with Gasteiger partial charge in [0.25, 0.3) is 0 Å². The maximum absolute atomic E-state index is 4.42. The van der Waals surface area contributed by atoms with E-state index in [2.05, 4.69) is 52.5 Å². The molecule has 1 aromatic rings. The minimum Gasteiger partial charge on any atom is -0.356 e. The lowest BCUT2D eigenvalue weighted by Crippen LogP contribution is -2.46. The second-order valence-corrected chi connectivity index (χ2v) is 5.76. The highest BCUT2D eigenvalue weighted by Crippen LogP contribution is 2.15. The van der Waals surface area contributed by atoms with Gasteiger partial charge >= 0.3 is 0 Å². The molecule has 1 aliphatic heterocycles. The number of aliphatic imine (C=N–C) groups is 1. The summed E-state index contributed by atoms with van der Waals surface area (Å²) in [5.74, 6) is 1.86.